The summed E-state index contributed by atoms with van der Waals surface area (Å²) < 4.78 is 5.31. The molecule has 2 fully saturated rings. The van der Waals surface area contributed by atoms with Gasteiger partial charge in [0.05, 0.1) is 12.0 Å². The van der Waals surface area contributed by atoms with Crippen LogP contribution in [0.3, 0.4) is 0 Å². The predicted octanol–water partition coefficient (Wildman–Crippen LogP) is 1.76. The van der Waals surface area contributed by atoms with Gasteiger partial charge in [-0.3, -0.25) is 0 Å². The van der Waals surface area contributed by atoms with Crippen molar-refractivity contribution in [3.63, 3.8) is 0 Å². The fourth-order valence-corrected chi connectivity index (χ4v) is 2.51. The van der Waals surface area contributed by atoms with E-state index in [1.54, 1.807) is 21.0 Å². The van der Waals surface area contributed by atoms with Crippen molar-refractivity contribution in [2.75, 3.05) is 12.4 Å². The minimum atomic E-state index is -0.826. The van der Waals surface area contributed by atoms with Crippen molar-refractivity contribution in [3.05, 3.63) is 0 Å². The summed E-state index contributed by atoms with van der Waals surface area (Å²) in [5, 5.41) is 0.756. The van der Waals surface area contributed by atoms with Crippen LogP contribution >= 0.6 is 15.9 Å². The van der Waals surface area contributed by atoms with E-state index < -0.39 is 11.6 Å². The number of alkyl halides is 1. The maximum absolute atomic E-state index is 5.31. The molecule has 0 spiro atoms. The van der Waals surface area contributed by atoms with Gasteiger partial charge >= 0.3 is 0 Å². The van der Waals surface area contributed by atoms with Gasteiger partial charge in [0.2, 0.25) is 11.6 Å². The van der Waals surface area contributed by atoms with E-state index in [0.717, 1.165) is 11.8 Å². The molecule has 0 aromatic rings. The molecule has 1 atom stereocenters. The lowest BCUT2D eigenvalue weighted by Gasteiger charge is -2.22. The van der Waals surface area contributed by atoms with Gasteiger partial charge in [0.1, 0.15) is 0 Å². The third-order valence-electron chi connectivity index (χ3n) is 3.02. The van der Waals surface area contributed by atoms with Crippen molar-refractivity contribution in [1.29, 1.82) is 0 Å². The lowest BCUT2D eigenvalue weighted by atomic mass is 9.88. The molecule has 2 aliphatic rings. The smallest absolute Gasteiger partial charge is 0.239 e. The molecule has 0 aliphatic carbocycles. The van der Waals surface area contributed by atoms with Crippen LogP contribution in [0.5, 0.6) is 0 Å². The number of fused-ring (bicyclic) bond motifs is 2. The third-order valence-corrected chi connectivity index (χ3v) is 3.74. The number of hydrogen-bond acceptors (Lipinski definition) is 5. The van der Waals surface area contributed by atoms with Gasteiger partial charge in [-0.05, 0) is 20.3 Å². The minimum Gasteiger partial charge on any atom is -0.381 e. The van der Waals surface area contributed by atoms with Gasteiger partial charge in [0.25, 0.3) is 0 Å². The Labute approximate surface area is 96.9 Å². The normalized spacial score (nSPS) is 46.0. The average molecular weight is 283 g/mol. The van der Waals surface area contributed by atoms with Gasteiger partial charge in [-0.25, -0.2) is 0 Å². The van der Waals surface area contributed by atoms with E-state index >= 15 is 0 Å². The molecular formula is C9H15BrO5. The van der Waals surface area contributed by atoms with Crippen LogP contribution in [0.2, 0.25) is 0 Å². The maximum atomic E-state index is 5.31. The molecule has 0 aromatic heterocycles. The Kier molecular flexibility index (Phi) is 3.09. The van der Waals surface area contributed by atoms with Crippen LogP contribution in [-0.2, 0) is 24.3 Å². The zero-order valence-corrected chi connectivity index (χ0v) is 10.6. The third kappa shape index (κ3) is 1.83. The molecule has 2 saturated heterocycles. The summed E-state index contributed by atoms with van der Waals surface area (Å²) in [6.07, 6.45) is 0.832. The maximum Gasteiger partial charge on any atom is 0.239 e. The minimum absolute atomic E-state index is 0.00694. The quantitative estimate of drug-likeness (QED) is 0.581. The molecule has 0 radical (unpaired) electrons. The lowest BCUT2D eigenvalue weighted by Crippen LogP contribution is -2.36. The summed E-state index contributed by atoms with van der Waals surface area (Å²) in [5.41, 5.74) is 0. The van der Waals surface area contributed by atoms with E-state index in [9.17, 15) is 0 Å². The van der Waals surface area contributed by atoms with Gasteiger partial charge in [-0.15, -0.1) is 0 Å². The second kappa shape index (κ2) is 3.94. The molecule has 6 heteroatoms. The van der Waals surface area contributed by atoms with E-state index in [1.807, 2.05) is 0 Å². The van der Waals surface area contributed by atoms with E-state index in [0.29, 0.717) is 0 Å². The first-order valence-electron chi connectivity index (χ1n) is 4.86. The molecular weight excluding hydrogens is 268 g/mol. The number of rotatable bonds is 4. The lowest BCUT2D eigenvalue weighted by molar-refractivity contribution is -0.583. The first kappa shape index (κ1) is 11.8. The highest BCUT2D eigenvalue weighted by atomic mass is 79.9. The highest BCUT2D eigenvalue weighted by Crippen LogP contribution is 2.52. The monoisotopic (exact) mass is 282 g/mol. The summed E-state index contributed by atoms with van der Waals surface area (Å²) in [7, 11) is 1.68. The van der Waals surface area contributed by atoms with Gasteiger partial charge in [-0.2, -0.15) is 19.6 Å². The Hall–Kier alpha value is 0.280. The first-order chi connectivity index (χ1) is 7.04. The highest BCUT2D eigenvalue weighted by molar-refractivity contribution is 9.09. The largest absolute Gasteiger partial charge is 0.381 e. The Balaban J connectivity index is 2.08. The SMILES string of the molecule is COC(CBr)CC1C2(C)OOC1(C)OO2. The molecule has 0 amide bonds. The zero-order chi connectivity index (χ0) is 11.1. The van der Waals surface area contributed by atoms with Crippen molar-refractivity contribution in [2.45, 2.75) is 37.9 Å². The summed E-state index contributed by atoms with van der Waals surface area (Å²) in [4.78, 5) is 20.5. The summed E-state index contributed by atoms with van der Waals surface area (Å²) >= 11 is 3.39. The summed E-state index contributed by atoms with van der Waals surface area (Å²) in [5.74, 6) is -1.66. The Bertz CT molecular complexity index is 217. The van der Waals surface area contributed by atoms with E-state index in [2.05, 4.69) is 15.9 Å². The molecule has 2 aliphatic heterocycles. The van der Waals surface area contributed by atoms with Gasteiger partial charge in [0.15, 0.2) is 0 Å². The molecule has 88 valence electrons. The molecule has 2 rings (SSSR count). The van der Waals surface area contributed by atoms with Crippen LogP contribution in [0, 0.1) is 5.92 Å². The van der Waals surface area contributed by atoms with Crippen molar-refractivity contribution in [1.82, 2.24) is 0 Å². The van der Waals surface area contributed by atoms with Crippen molar-refractivity contribution in [3.8, 4) is 0 Å². The molecule has 0 aromatic carbocycles. The fourth-order valence-electron chi connectivity index (χ4n) is 1.98. The van der Waals surface area contributed by atoms with Gasteiger partial charge < -0.3 is 4.74 Å². The van der Waals surface area contributed by atoms with Crippen LogP contribution in [0.25, 0.3) is 0 Å². The summed E-state index contributed by atoms with van der Waals surface area (Å²) in [6.45, 7) is 3.60. The molecule has 1 unspecified atom stereocenters. The van der Waals surface area contributed by atoms with Crippen LogP contribution in [-0.4, -0.2) is 30.1 Å². The van der Waals surface area contributed by atoms with Crippen LogP contribution in [0.4, 0.5) is 0 Å². The molecule has 2 bridgehead atoms. The van der Waals surface area contributed by atoms with Crippen LogP contribution < -0.4 is 0 Å². The second-order valence-electron chi connectivity index (χ2n) is 4.17. The highest BCUT2D eigenvalue weighted by Gasteiger charge is 2.66. The first-order valence-corrected chi connectivity index (χ1v) is 5.98. The Morgan fingerprint density at radius 3 is 2.00 bits per heavy atom. The number of ether oxygens (including phenoxy) is 1. The molecule has 5 nitrogen and oxygen atoms in total. The van der Waals surface area contributed by atoms with Gasteiger partial charge in [0, 0.05) is 12.4 Å². The van der Waals surface area contributed by atoms with Crippen molar-refractivity contribution < 1.29 is 24.3 Å². The fraction of sp³-hybridized carbons (Fsp3) is 1.00. The van der Waals surface area contributed by atoms with Crippen molar-refractivity contribution >= 4 is 15.9 Å². The molecule has 0 N–H and O–H groups in total. The zero-order valence-electron chi connectivity index (χ0n) is 8.99. The van der Waals surface area contributed by atoms with Crippen LogP contribution in [0.1, 0.15) is 20.3 Å². The van der Waals surface area contributed by atoms with Gasteiger partial charge in [-0.1, -0.05) is 15.9 Å². The number of methoxy groups -OCH3 is 1. The van der Waals surface area contributed by atoms with E-state index in [1.165, 1.54) is 0 Å². The topological polar surface area (TPSA) is 46.2 Å². The predicted molar refractivity (Wildman–Crippen MR) is 53.8 cm³/mol. The van der Waals surface area contributed by atoms with E-state index in [4.69, 9.17) is 24.3 Å². The summed E-state index contributed by atoms with van der Waals surface area (Å²) in [6, 6.07) is 0. The number of hydrogen-bond donors (Lipinski definition) is 0. The van der Waals surface area contributed by atoms with Crippen molar-refractivity contribution in [2.24, 2.45) is 5.92 Å². The Morgan fingerprint density at radius 1 is 1.20 bits per heavy atom. The number of halogens is 1. The Morgan fingerprint density at radius 2 is 1.67 bits per heavy atom. The van der Waals surface area contributed by atoms with Crippen LogP contribution in [0.15, 0.2) is 0 Å². The molecule has 0 saturated carbocycles. The van der Waals surface area contributed by atoms with E-state index in [-0.39, 0.29) is 12.0 Å². The average Bonchev–Trinajstić information content (AvgIpc) is 2.61. The standard InChI is InChI=1S/C9H15BrO5/c1-8-7(4-6(5-10)11-3)9(2,14-12-8)15-13-8/h6-7H,4-5H2,1-3H3. The molecule has 15 heavy (non-hydrogen) atoms. The molecule has 2 heterocycles. The second-order valence-corrected chi connectivity index (χ2v) is 4.81.